The maximum atomic E-state index is 5.87. The van der Waals surface area contributed by atoms with Gasteiger partial charge in [-0.3, -0.25) is 0 Å². The minimum atomic E-state index is 0.364. The molecule has 1 unspecified atom stereocenters. The SMILES string of the molecule is CCCOC1CCCN(c2ncc(Br)cc2C)C1. The Morgan fingerprint density at radius 3 is 3.11 bits per heavy atom. The Balaban J connectivity index is 2.03. The van der Waals surface area contributed by atoms with E-state index in [4.69, 9.17) is 4.74 Å². The number of rotatable bonds is 4. The number of piperidine rings is 1. The summed E-state index contributed by atoms with van der Waals surface area (Å²) < 4.78 is 6.91. The van der Waals surface area contributed by atoms with E-state index in [1.54, 1.807) is 0 Å². The highest BCUT2D eigenvalue weighted by atomic mass is 79.9. The first-order valence-corrected chi connectivity index (χ1v) is 7.48. The molecule has 0 aromatic carbocycles. The number of pyridine rings is 1. The standard InChI is InChI=1S/C14H21BrN2O/c1-3-7-18-13-5-4-6-17(10-13)14-11(2)8-12(15)9-16-14/h8-9,13H,3-7,10H2,1-2H3. The highest BCUT2D eigenvalue weighted by Gasteiger charge is 2.22. The maximum absolute atomic E-state index is 5.87. The zero-order valence-electron chi connectivity index (χ0n) is 11.2. The molecule has 1 aliphatic heterocycles. The Bertz CT molecular complexity index is 397. The molecular formula is C14H21BrN2O. The van der Waals surface area contributed by atoms with Gasteiger partial charge in [0.1, 0.15) is 5.82 Å². The zero-order chi connectivity index (χ0) is 13.0. The minimum absolute atomic E-state index is 0.364. The Kier molecular flexibility index (Phi) is 5.01. The minimum Gasteiger partial charge on any atom is -0.376 e. The number of hydrogen-bond acceptors (Lipinski definition) is 3. The van der Waals surface area contributed by atoms with Crippen LogP contribution in [0.1, 0.15) is 31.7 Å². The van der Waals surface area contributed by atoms with Crippen molar-refractivity contribution in [2.75, 3.05) is 24.6 Å². The van der Waals surface area contributed by atoms with Gasteiger partial charge in [-0.1, -0.05) is 6.92 Å². The number of halogens is 1. The first-order chi connectivity index (χ1) is 8.70. The van der Waals surface area contributed by atoms with Gasteiger partial charge in [0.2, 0.25) is 0 Å². The molecule has 100 valence electrons. The third-order valence-electron chi connectivity index (χ3n) is 3.25. The molecule has 1 aliphatic rings. The zero-order valence-corrected chi connectivity index (χ0v) is 12.7. The summed E-state index contributed by atoms with van der Waals surface area (Å²) in [4.78, 5) is 6.89. The van der Waals surface area contributed by atoms with E-state index in [1.165, 1.54) is 18.4 Å². The van der Waals surface area contributed by atoms with Gasteiger partial charge in [0.15, 0.2) is 0 Å². The molecule has 1 saturated heterocycles. The van der Waals surface area contributed by atoms with Gasteiger partial charge < -0.3 is 9.64 Å². The van der Waals surface area contributed by atoms with Crippen molar-refractivity contribution in [3.8, 4) is 0 Å². The number of anilines is 1. The molecule has 0 radical (unpaired) electrons. The summed E-state index contributed by atoms with van der Waals surface area (Å²) in [6, 6.07) is 2.12. The van der Waals surface area contributed by atoms with E-state index in [0.29, 0.717) is 6.10 Å². The Morgan fingerprint density at radius 2 is 2.39 bits per heavy atom. The monoisotopic (exact) mass is 312 g/mol. The Hall–Kier alpha value is -0.610. The summed E-state index contributed by atoms with van der Waals surface area (Å²) in [5, 5.41) is 0. The van der Waals surface area contributed by atoms with E-state index in [1.807, 2.05) is 6.20 Å². The van der Waals surface area contributed by atoms with Crippen molar-refractivity contribution in [1.82, 2.24) is 4.98 Å². The van der Waals surface area contributed by atoms with Crippen molar-refractivity contribution < 1.29 is 4.74 Å². The Labute approximate surface area is 118 Å². The van der Waals surface area contributed by atoms with E-state index < -0.39 is 0 Å². The van der Waals surface area contributed by atoms with Crippen LogP contribution in [0.3, 0.4) is 0 Å². The largest absolute Gasteiger partial charge is 0.376 e. The summed E-state index contributed by atoms with van der Waals surface area (Å²) in [5.74, 6) is 1.10. The Morgan fingerprint density at radius 1 is 1.56 bits per heavy atom. The highest BCUT2D eigenvalue weighted by molar-refractivity contribution is 9.10. The highest BCUT2D eigenvalue weighted by Crippen LogP contribution is 2.24. The van der Waals surface area contributed by atoms with Gasteiger partial charge in [0.25, 0.3) is 0 Å². The molecule has 0 aliphatic carbocycles. The van der Waals surface area contributed by atoms with Gasteiger partial charge in [0, 0.05) is 30.4 Å². The second-order valence-electron chi connectivity index (χ2n) is 4.88. The predicted octanol–water partition coefficient (Wildman–Crippen LogP) is 3.55. The number of hydrogen-bond donors (Lipinski definition) is 0. The molecule has 18 heavy (non-hydrogen) atoms. The van der Waals surface area contributed by atoms with Gasteiger partial charge >= 0.3 is 0 Å². The van der Waals surface area contributed by atoms with Crippen LogP contribution in [0.2, 0.25) is 0 Å². The summed E-state index contributed by atoms with van der Waals surface area (Å²) in [6.07, 6.45) is 5.69. The quantitative estimate of drug-likeness (QED) is 0.850. The maximum Gasteiger partial charge on any atom is 0.131 e. The molecule has 0 saturated carbocycles. The molecule has 0 spiro atoms. The lowest BCUT2D eigenvalue weighted by Gasteiger charge is -2.34. The second kappa shape index (κ2) is 6.53. The van der Waals surface area contributed by atoms with Crippen molar-refractivity contribution in [3.05, 3.63) is 22.3 Å². The predicted molar refractivity (Wildman–Crippen MR) is 78.2 cm³/mol. The fourth-order valence-electron chi connectivity index (χ4n) is 2.42. The number of ether oxygens (including phenoxy) is 1. The number of nitrogens with zero attached hydrogens (tertiary/aromatic N) is 2. The van der Waals surface area contributed by atoms with Gasteiger partial charge in [-0.25, -0.2) is 4.98 Å². The molecule has 1 atom stereocenters. The van der Waals surface area contributed by atoms with Crippen LogP contribution < -0.4 is 4.90 Å². The normalized spacial score (nSPS) is 20.2. The van der Waals surface area contributed by atoms with Crippen LogP contribution in [0.15, 0.2) is 16.7 Å². The molecule has 4 heteroatoms. The topological polar surface area (TPSA) is 25.4 Å². The van der Waals surface area contributed by atoms with Crippen LogP contribution >= 0.6 is 15.9 Å². The van der Waals surface area contributed by atoms with Crippen LogP contribution in [0, 0.1) is 6.92 Å². The van der Waals surface area contributed by atoms with Gasteiger partial charge in [-0.05, 0) is 53.7 Å². The third kappa shape index (κ3) is 3.45. The van der Waals surface area contributed by atoms with Crippen molar-refractivity contribution in [2.45, 2.75) is 39.2 Å². The summed E-state index contributed by atoms with van der Waals surface area (Å²) in [6.45, 7) is 7.19. The fraction of sp³-hybridized carbons (Fsp3) is 0.643. The fourth-order valence-corrected chi connectivity index (χ4v) is 2.86. The summed E-state index contributed by atoms with van der Waals surface area (Å²) in [7, 11) is 0. The van der Waals surface area contributed by atoms with E-state index in [2.05, 4.69) is 45.7 Å². The van der Waals surface area contributed by atoms with Crippen molar-refractivity contribution in [1.29, 1.82) is 0 Å². The summed E-state index contributed by atoms with van der Waals surface area (Å²) in [5.41, 5.74) is 1.22. The lowest BCUT2D eigenvalue weighted by molar-refractivity contribution is 0.0439. The molecule has 2 rings (SSSR count). The van der Waals surface area contributed by atoms with E-state index in [-0.39, 0.29) is 0 Å². The second-order valence-corrected chi connectivity index (χ2v) is 5.79. The smallest absolute Gasteiger partial charge is 0.131 e. The molecular weight excluding hydrogens is 292 g/mol. The molecule has 1 fully saturated rings. The molecule has 0 bridgehead atoms. The number of aromatic nitrogens is 1. The van der Waals surface area contributed by atoms with Crippen molar-refractivity contribution >= 4 is 21.7 Å². The van der Waals surface area contributed by atoms with Crippen LogP contribution in [-0.4, -0.2) is 30.8 Å². The summed E-state index contributed by atoms with van der Waals surface area (Å²) >= 11 is 3.46. The first kappa shape index (κ1) is 13.8. The average molecular weight is 313 g/mol. The van der Waals surface area contributed by atoms with E-state index in [9.17, 15) is 0 Å². The molecule has 0 N–H and O–H groups in total. The third-order valence-corrected chi connectivity index (χ3v) is 3.69. The molecule has 0 amide bonds. The van der Waals surface area contributed by atoms with Gasteiger partial charge in [-0.2, -0.15) is 0 Å². The van der Waals surface area contributed by atoms with E-state index >= 15 is 0 Å². The molecule has 1 aromatic rings. The molecule has 2 heterocycles. The average Bonchev–Trinajstić information content (AvgIpc) is 2.36. The lowest BCUT2D eigenvalue weighted by atomic mass is 10.1. The number of aryl methyl sites for hydroxylation is 1. The van der Waals surface area contributed by atoms with Crippen LogP contribution in [0.4, 0.5) is 5.82 Å². The first-order valence-electron chi connectivity index (χ1n) is 6.69. The van der Waals surface area contributed by atoms with Crippen LogP contribution in [0.25, 0.3) is 0 Å². The van der Waals surface area contributed by atoms with Crippen molar-refractivity contribution in [2.24, 2.45) is 0 Å². The van der Waals surface area contributed by atoms with Gasteiger partial charge in [-0.15, -0.1) is 0 Å². The van der Waals surface area contributed by atoms with Gasteiger partial charge in [0.05, 0.1) is 6.10 Å². The molecule has 3 nitrogen and oxygen atoms in total. The van der Waals surface area contributed by atoms with E-state index in [0.717, 1.165) is 36.4 Å². The van der Waals surface area contributed by atoms with Crippen molar-refractivity contribution in [3.63, 3.8) is 0 Å². The van der Waals surface area contributed by atoms with Crippen LogP contribution in [0.5, 0.6) is 0 Å². The molecule has 1 aromatic heterocycles. The lowest BCUT2D eigenvalue weighted by Crippen LogP contribution is -2.40. The van der Waals surface area contributed by atoms with Crippen LogP contribution in [-0.2, 0) is 4.74 Å².